The quantitative estimate of drug-likeness (QED) is 0.132. The number of rotatable bonds is 11. The van der Waals surface area contributed by atoms with Crippen molar-refractivity contribution in [2.45, 2.75) is 141 Å². The van der Waals surface area contributed by atoms with Crippen molar-refractivity contribution >= 4 is 149 Å². The minimum absolute atomic E-state index is 1.40. The second-order valence-electron chi connectivity index (χ2n) is 22.6. The van der Waals surface area contributed by atoms with E-state index >= 15 is 0 Å². The Bertz CT molecular complexity index is 1670. The minimum atomic E-state index is -2.02. The lowest BCUT2D eigenvalue weighted by molar-refractivity contribution is 1.30. The van der Waals surface area contributed by atoms with Crippen LogP contribution in [0.1, 0.15) is 0 Å². The summed E-state index contributed by atoms with van der Waals surface area (Å²) in [4.78, 5) is 7.00. The van der Waals surface area contributed by atoms with Gasteiger partial charge in [-0.1, -0.05) is 166 Å². The molecule has 274 valence electrons. The van der Waals surface area contributed by atoms with E-state index in [-0.39, 0.29) is 0 Å². The van der Waals surface area contributed by atoms with Gasteiger partial charge >= 0.3 is 0 Å². The molecule has 0 nitrogen and oxygen atoms in total. The largest absolute Gasteiger partial charge is 0.144 e. The average Bonchev–Trinajstić information content (AvgIpc) is 3.71. The standard InChI is InChI=1S/C38H66S4Si8/c1-43(2,3)25-49(27-21-31(45(7,8)9)39-35(27)36-28(49)22-32(40-36)46(10,11)12)19-20-50(26-44(4,5)6)29-23-33(47(13,14)15)41-37(29)38-30(50)24-34(42-38)48(16,17)18/h21-24H,19-20,25-26H2,1-18H3. The summed E-state index contributed by atoms with van der Waals surface area (Å²) >= 11 is 9.00. The molecule has 4 aromatic rings. The molecule has 6 rings (SSSR count). The maximum absolute atomic E-state index is 2.86. The Morgan fingerprint density at radius 2 is 0.560 bits per heavy atom. The second kappa shape index (κ2) is 12.5. The molecule has 0 fully saturated rings. The first-order chi connectivity index (χ1) is 22.5. The van der Waals surface area contributed by atoms with E-state index in [4.69, 9.17) is 0 Å². The van der Waals surface area contributed by atoms with E-state index in [2.05, 4.69) is 187 Å². The van der Waals surface area contributed by atoms with Gasteiger partial charge in [-0.3, -0.25) is 0 Å². The Balaban J connectivity index is 1.62. The SMILES string of the molecule is C[Si](C)(C)C[Si]1(CC[Si]2(C[Si](C)(C)C)c3cc([Si](C)(C)C)sc3-c3sc([Si](C)(C)C)cc32)c2cc([Si](C)(C)C)sc2-c2sc([Si](C)(C)C)cc21. The molecule has 6 heterocycles. The molecule has 2 aliphatic rings. The molecule has 0 N–H and O–H groups in total. The van der Waals surface area contributed by atoms with Crippen molar-refractivity contribution in [1.29, 1.82) is 0 Å². The van der Waals surface area contributed by atoms with Crippen LogP contribution in [0.4, 0.5) is 0 Å². The van der Waals surface area contributed by atoms with Gasteiger partial charge in [0.1, 0.15) is 16.1 Å². The zero-order chi connectivity index (χ0) is 37.4. The molecule has 0 aliphatic carbocycles. The van der Waals surface area contributed by atoms with E-state index in [9.17, 15) is 0 Å². The van der Waals surface area contributed by atoms with Crippen LogP contribution in [0, 0.1) is 0 Å². The summed E-state index contributed by atoms with van der Waals surface area (Å²) in [5.74, 6) is 0. The first kappa shape index (κ1) is 40.2. The third kappa shape index (κ3) is 7.19. The average molecular weight is 876 g/mol. The number of thiophene rings is 4. The Morgan fingerprint density at radius 3 is 0.720 bits per heavy atom. The normalized spacial score (nSPS) is 17.2. The zero-order valence-electron chi connectivity index (χ0n) is 34.8. The van der Waals surface area contributed by atoms with Gasteiger partial charge in [0.15, 0.2) is 0 Å². The summed E-state index contributed by atoms with van der Waals surface area (Å²) in [7, 11) is -12.6. The highest BCUT2D eigenvalue weighted by molar-refractivity contribution is 7.40. The third-order valence-electron chi connectivity index (χ3n) is 11.0. The van der Waals surface area contributed by atoms with Crippen LogP contribution in [0.25, 0.3) is 19.5 Å². The second-order valence-corrected chi connectivity index (χ2v) is 68.9. The van der Waals surface area contributed by atoms with Crippen LogP contribution >= 0.6 is 45.3 Å². The molecule has 0 radical (unpaired) electrons. The predicted octanol–water partition coefficient (Wildman–Crippen LogP) is 9.66. The fraction of sp³-hybridized carbons (Fsp3) is 0.579. The van der Waals surface area contributed by atoms with E-state index in [1.807, 2.05) is 20.7 Å². The van der Waals surface area contributed by atoms with E-state index in [1.54, 1.807) is 37.5 Å². The molecular formula is C38H66S4Si8. The van der Waals surface area contributed by atoms with Gasteiger partial charge in [-0.05, 0) is 38.7 Å². The monoisotopic (exact) mass is 874 g/mol. The van der Waals surface area contributed by atoms with Crippen molar-refractivity contribution < 1.29 is 0 Å². The highest BCUT2D eigenvalue weighted by Crippen LogP contribution is 2.46. The fourth-order valence-corrected chi connectivity index (χ4v) is 53.0. The van der Waals surface area contributed by atoms with Gasteiger partial charge in [-0.15, -0.1) is 45.3 Å². The van der Waals surface area contributed by atoms with Crippen molar-refractivity contribution in [3.05, 3.63) is 24.3 Å². The lowest BCUT2D eigenvalue weighted by atomic mass is 10.4. The number of hydrogen-bond acceptors (Lipinski definition) is 4. The van der Waals surface area contributed by atoms with Gasteiger partial charge < -0.3 is 0 Å². The molecule has 0 spiro atoms. The van der Waals surface area contributed by atoms with Crippen molar-refractivity contribution in [3.8, 4) is 19.5 Å². The van der Waals surface area contributed by atoms with Crippen LogP contribution < -0.4 is 38.7 Å². The van der Waals surface area contributed by atoms with Crippen molar-refractivity contribution in [3.63, 3.8) is 0 Å². The van der Waals surface area contributed by atoms with Gasteiger partial charge in [0.2, 0.25) is 0 Å². The number of fused-ring (bicyclic) bond motifs is 6. The maximum atomic E-state index is 2.86. The van der Waals surface area contributed by atoms with Crippen LogP contribution in [0.15, 0.2) is 24.3 Å². The van der Waals surface area contributed by atoms with Gasteiger partial charge in [0, 0.05) is 35.7 Å². The molecule has 0 saturated carbocycles. The van der Waals surface area contributed by atoms with Crippen molar-refractivity contribution in [1.82, 2.24) is 0 Å². The molecule has 4 aromatic heterocycles. The van der Waals surface area contributed by atoms with Gasteiger partial charge in [-0.25, -0.2) is 0 Å². The first-order valence-corrected chi connectivity index (χ1v) is 48.6. The Kier molecular flexibility index (Phi) is 10.1. The van der Waals surface area contributed by atoms with Crippen molar-refractivity contribution in [2.75, 3.05) is 0 Å². The first-order valence-electron chi connectivity index (χ1n) is 19.1. The van der Waals surface area contributed by atoms with Gasteiger partial charge in [0.05, 0.1) is 32.3 Å². The van der Waals surface area contributed by atoms with Crippen LogP contribution in [-0.4, -0.2) is 64.6 Å². The zero-order valence-corrected chi connectivity index (χ0v) is 46.0. The number of hydrogen-bond donors (Lipinski definition) is 0. The Labute approximate surface area is 330 Å². The molecule has 0 saturated heterocycles. The third-order valence-corrected chi connectivity index (χ3v) is 52.6. The minimum Gasteiger partial charge on any atom is -0.144 e. The predicted molar refractivity (Wildman–Crippen MR) is 263 cm³/mol. The topological polar surface area (TPSA) is 0 Å². The summed E-state index contributed by atoms with van der Waals surface area (Å²) in [6.07, 6.45) is 0. The molecule has 0 amide bonds. The van der Waals surface area contributed by atoms with Crippen LogP contribution in [-0.2, 0) is 0 Å². The Hall–Kier alpha value is 0.535. The summed E-state index contributed by atoms with van der Waals surface area (Å²) in [5, 5.41) is 7.62. The summed E-state index contributed by atoms with van der Waals surface area (Å²) in [6.45, 7) is 47.3. The highest BCUT2D eigenvalue weighted by Gasteiger charge is 2.56. The highest BCUT2D eigenvalue weighted by atomic mass is 32.1. The van der Waals surface area contributed by atoms with E-state index in [0.29, 0.717) is 0 Å². The molecule has 12 heteroatoms. The van der Waals surface area contributed by atoms with Crippen molar-refractivity contribution in [2.24, 2.45) is 0 Å². The molecule has 0 bridgehead atoms. The van der Waals surface area contributed by atoms with Crippen LogP contribution in [0.3, 0.4) is 0 Å². The van der Waals surface area contributed by atoms with Gasteiger partial charge in [-0.2, -0.15) is 0 Å². The summed E-state index contributed by atoms with van der Waals surface area (Å²) < 4.78 is 7.05. The fourth-order valence-electron chi connectivity index (χ4n) is 8.76. The summed E-state index contributed by atoms with van der Waals surface area (Å²) in [5.41, 5.74) is 3.04. The summed E-state index contributed by atoms with van der Waals surface area (Å²) in [6, 6.07) is 14.4. The molecule has 50 heavy (non-hydrogen) atoms. The van der Waals surface area contributed by atoms with E-state index in [0.717, 1.165) is 0 Å². The molecule has 0 atom stereocenters. The lowest BCUT2D eigenvalue weighted by Crippen LogP contribution is -2.64. The van der Waals surface area contributed by atoms with E-state index in [1.165, 1.54) is 23.4 Å². The molecule has 0 unspecified atom stereocenters. The molecular weight excluding hydrogens is 809 g/mol. The Morgan fingerprint density at radius 1 is 0.360 bits per heavy atom. The molecule has 0 aromatic carbocycles. The smallest absolute Gasteiger partial charge is 0.119 e. The van der Waals surface area contributed by atoms with E-state index < -0.39 is 64.6 Å². The van der Waals surface area contributed by atoms with Gasteiger partial charge in [0.25, 0.3) is 0 Å². The van der Waals surface area contributed by atoms with Crippen LogP contribution in [0.2, 0.25) is 141 Å². The maximum Gasteiger partial charge on any atom is 0.119 e. The lowest BCUT2D eigenvalue weighted by Gasteiger charge is -2.40. The van der Waals surface area contributed by atoms with Crippen LogP contribution in [0.5, 0.6) is 0 Å². The molecule has 2 aliphatic heterocycles.